The molecule has 25 heavy (non-hydrogen) atoms. The monoisotopic (exact) mass is 336 g/mol. The van der Waals surface area contributed by atoms with E-state index in [2.05, 4.69) is 60.7 Å². The molecule has 0 saturated carbocycles. The maximum atomic E-state index is 14.7. The van der Waals surface area contributed by atoms with Gasteiger partial charge < -0.3 is 4.57 Å². The molecule has 1 aromatic heterocycles. The maximum Gasteiger partial charge on any atom is 0.147 e. The molecular weight excluding hydrogens is 311 g/mol. The number of aromatic nitrogens is 1. The second kappa shape index (κ2) is 6.30. The number of likely N-dealkylation sites (N-methyl/N-ethyl adjacent to an activating group) is 1. The smallest absolute Gasteiger partial charge is 0.147 e. The second-order valence-corrected chi connectivity index (χ2v) is 7.29. The summed E-state index contributed by atoms with van der Waals surface area (Å²) in [6, 6.07) is 14.4. The molecule has 1 aliphatic rings. The van der Waals surface area contributed by atoms with Crippen LogP contribution in [0.25, 0.3) is 10.9 Å². The number of hydrogen-bond acceptors (Lipinski definition) is 1. The zero-order chi connectivity index (χ0) is 17.6. The van der Waals surface area contributed by atoms with Crippen LogP contribution in [0.15, 0.2) is 42.5 Å². The van der Waals surface area contributed by atoms with Gasteiger partial charge in [-0.15, -0.1) is 0 Å². The van der Waals surface area contributed by atoms with Crippen molar-refractivity contribution >= 4 is 10.9 Å². The van der Waals surface area contributed by atoms with Crippen LogP contribution < -0.4 is 0 Å². The highest BCUT2D eigenvalue weighted by atomic mass is 19.1. The number of nitrogens with zero attached hydrogens (tertiary/aromatic N) is 2. The molecule has 3 aromatic rings. The van der Waals surface area contributed by atoms with Gasteiger partial charge in [-0.2, -0.15) is 0 Å². The molecule has 0 aliphatic carbocycles. The van der Waals surface area contributed by atoms with Crippen molar-refractivity contribution in [1.29, 1.82) is 0 Å². The van der Waals surface area contributed by atoms with Crippen molar-refractivity contribution in [2.24, 2.45) is 0 Å². The summed E-state index contributed by atoms with van der Waals surface area (Å²) in [5, 5.41) is 1.08. The molecule has 0 bridgehead atoms. The third-order valence-electron chi connectivity index (χ3n) is 5.67. The average Bonchev–Trinajstić information content (AvgIpc) is 2.92. The molecule has 130 valence electrons. The van der Waals surface area contributed by atoms with Crippen molar-refractivity contribution in [3.63, 3.8) is 0 Å². The first-order valence-corrected chi connectivity index (χ1v) is 9.11. The summed E-state index contributed by atoms with van der Waals surface area (Å²) in [6.07, 6.45) is 1.91. The van der Waals surface area contributed by atoms with Gasteiger partial charge in [0.1, 0.15) is 5.82 Å². The Morgan fingerprint density at radius 1 is 1.16 bits per heavy atom. The molecule has 2 nitrogen and oxygen atoms in total. The normalized spacial score (nSPS) is 17.8. The lowest BCUT2D eigenvalue weighted by Crippen LogP contribution is -2.31. The molecule has 4 rings (SSSR count). The summed E-state index contributed by atoms with van der Waals surface area (Å²) in [4.78, 5) is 2.36. The Hall–Kier alpha value is -2.13. The third kappa shape index (κ3) is 2.77. The predicted octanol–water partition coefficient (Wildman–Crippen LogP) is 4.88. The Bertz CT molecular complexity index is 925. The summed E-state index contributed by atoms with van der Waals surface area (Å²) >= 11 is 0. The van der Waals surface area contributed by atoms with Crippen LogP contribution in [-0.4, -0.2) is 23.1 Å². The summed E-state index contributed by atoms with van der Waals surface area (Å²) in [5.74, 6) is -0.106. The molecule has 2 aromatic carbocycles. The van der Waals surface area contributed by atoms with Crippen LogP contribution in [0.3, 0.4) is 0 Å². The predicted molar refractivity (Wildman–Crippen MR) is 102 cm³/mol. The van der Waals surface area contributed by atoms with Crippen molar-refractivity contribution in [2.75, 3.05) is 13.6 Å². The zero-order valence-electron chi connectivity index (χ0n) is 15.2. The van der Waals surface area contributed by atoms with Crippen LogP contribution in [0.5, 0.6) is 0 Å². The van der Waals surface area contributed by atoms with Gasteiger partial charge in [0.25, 0.3) is 0 Å². The number of benzene rings is 2. The van der Waals surface area contributed by atoms with Gasteiger partial charge in [0, 0.05) is 36.6 Å². The van der Waals surface area contributed by atoms with Gasteiger partial charge in [0.15, 0.2) is 0 Å². The Balaban J connectivity index is 1.80. The minimum Gasteiger partial charge on any atom is -0.342 e. The second-order valence-electron chi connectivity index (χ2n) is 7.29. The molecule has 0 fully saturated rings. The van der Waals surface area contributed by atoms with Crippen LogP contribution in [0, 0.1) is 12.7 Å². The van der Waals surface area contributed by atoms with Gasteiger partial charge >= 0.3 is 0 Å². The van der Waals surface area contributed by atoms with Crippen molar-refractivity contribution in [1.82, 2.24) is 9.47 Å². The molecule has 1 aliphatic heterocycles. The molecule has 1 atom stereocenters. The Morgan fingerprint density at radius 3 is 2.76 bits per heavy atom. The molecule has 0 radical (unpaired) electrons. The topological polar surface area (TPSA) is 8.17 Å². The number of fused-ring (bicyclic) bond motifs is 3. The van der Waals surface area contributed by atoms with Crippen molar-refractivity contribution in [3.05, 3.63) is 70.7 Å². The quantitative estimate of drug-likeness (QED) is 0.662. The molecule has 2 heterocycles. The number of hydrogen-bond donors (Lipinski definition) is 0. The lowest BCUT2D eigenvalue weighted by Gasteiger charge is -2.31. The number of rotatable bonds is 3. The van der Waals surface area contributed by atoms with Gasteiger partial charge in [-0.05, 0) is 44.5 Å². The first-order chi connectivity index (χ1) is 12.1. The van der Waals surface area contributed by atoms with E-state index < -0.39 is 0 Å². The standard InChI is InChI=1S/C22H25FN2/c1-15-6-4-7-17(14-15)10-13-25-20-11-12-24(3)16(2)21(20)18-8-5-9-19(23)22(18)25/h4-9,14,16H,10-13H2,1-3H3. The molecule has 1 unspecified atom stereocenters. The minimum atomic E-state index is -0.106. The van der Waals surface area contributed by atoms with Crippen LogP contribution in [0.4, 0.5) is 4.39 Å². The van der Waals surface area contributed by atoms with E-state index in [0.29, 0.717) is 6.04 Å². The first-order valence-electron chi connectivity index (χ1n) is 9.11. The summed E-state index contributed by atoms with van der Waals surface area (Å²) < 4.78 is 17.0. The lowest BCUT2D eigenvalue weighted by molar-refractivity contribution is 0.245. The molecule has 0 spiro atoms. The highest BCUT2D eigenvalue weighted by molar-refractivity contribution is 5.87. The fraction of sp³-hybridized carbons (Fsp3) is 0.364. The number of halogens is 1. The third-order valence-corrected chi connectivity index (χ3v) is 5.67. The van der Waals surface area contributed by atoms with E-state index in [1.807, 2.05) is 6.07 Å². The largest absolute Gasteiger partial charge is 0.342 e. The van der Waals surface area contributed by atoms with Gasteiger partial charge in [-0.1, -0.05) is 42.0 Å². The molecule has 3 heteroatoms. The van der Waals surface area contributed by atoms with Gasteiger partial charge in [0.05, 0.1) is 5.52 Å². The molecule has 0 amide bonds. The lowest BCUT2D eigenvalue weighted by atomic mass is 9.97. The van der Waals surface area contributed by atoms with Crippen LogP contribution in [0.2, 0.25) is 0 Å². The van der Waals surface area contributed by atoms with Gasteiger partial charge in [0.2, 0.25) is 0 Å². The number of para-hydroxylation sites is 1. The average molecular weight is 336 g/mol. The van der Waals surface area contributed by atoms with Crippen LogP contribution >= 0.6 is 0 Å². The SMILES string of the molecule is Cc1cccc(CCn2c3c(c4cccc(F)c42)C(C)N(C)CC3)c1. The van der Waals surface area contributed by atoms with Crippen LogP contribution in [-0.2, 0) is 19.4 Å². The maximum absolute atomic E-state index is 14.7. The summed E-state index contributed by atoms with van der Waals surface area (Å²) in [7, 11) is 2.16. The zero-order valence-corrected chi connectivity index (χ0v) is 15.2. The van der Waals surface area contributed by atoms with Crippen molar-refractivity contribution in [2.45, 2.75) is 39.3 Å². The number of aryl methyl sites for hydroxylation is 3. The first kappa shape index (κ1) is 16.3. The van der Waals surface area contributed by atoms with E-state index in [0.717, 1.165) is 36.8 Å². The fourth-order valence-electron chi connectivity index (χ4n) is 4.23. The van der Waals surface area contributed by atoms with E-state index in [4.69, 9.17) is 0 Å². The highest BCUT2D eigenvalue weighted by Crippen LogP contribution is 2.38. The van der Waals surface area contributed by atoms with E-state index in [-0.39, 0.29) is 5.82 Å². The molecule has 0 saturated heterocycles. The Labute approximate surface area is 148 Å². The van der Waals surface area contributed by atoms with Crippen molar-refractivity contribution in [3.8, 4) is 0 Å². The van der Waals surface area contributed by atoms with E-state index in [1.165, 1.54) is 22.4 Å². The van der Waals surface area contributed by atoms with E-state index in [1.54, 1.807) is 6.07 Å². The van der Waals surface area contributed by atoms with E-state index >= 15 is 0 Å². The Kier molecular flexibility index (Phi) is 4.12. The molecular formula is C22H25FN2. The van der Waals surface area contributed by atoms with Gasteiger partial charge in [-0.25, -0.2) is 4.39 Å². The molecule has 0 N–H and O–H groups in total. The summed E-state index contributed by atoms with van der Waals surface area (Å²) in [6.45, 7) is 6.20. The Morgan fingerprint density at radius 2 is 1.96 bits per heavy atom. The minimum absolute atomic E-state index is 0.106. The van der Waals surface area contributed by atoms with Crippen LogP contribution in [0.1, 0.15) is 35.3 Å². The summed E-state index contributed by atoms with van der Waals surface area (Å²) in [5.41, 5.74) is 6.00. The highest BCUT2D eigenvalue weighted by Gasteiger charge is 2.28. The van der Waals surface area contributed by atoms with Crippen molar-refractivity contribution < 1.29 is 4.39 Å². The van der Waals surface area contributed by atoms with Gasteiger partial charge in [-0.3, -0.25) is 4.90 Å². The fourth-order valence-corrected chi connectivity index (χ4v) is 4.23. The van der Waals surface area contributed by atoms with E-state index in [9.17, 15) is 4.39 Å².